The van der Waals surface area contributed by atoms with Crippen LogP contribution in [0.4, 0.5) is 4.39 Å². The first-order valence-electron chi connectivity index (χ1n) is 12.9. The molecule has 0 fully saturated rings. The Bertz CT molecular complexity index is 1600. The number of rotatable bonds is 4. The van der Waals surface area contributed by atoms with Crippen LogP contribution >= 0.6 is 0 Å². The van der Waals surface area contributed by atoms with E-state index in [1.807, 2.05) is 59.6 Å². The maximum Gasteiger partial charge on any atom is 0.278 e. The molecule has 4 heterocycles. The average Bonchev–Trinajstić information content (AvgIpc) is 2.98. The Morgan fingerprint density at radius 3 is 2.59 bits per heavy atom. The van der Waals surface area contributed by atoms with Gasteiger partial charge in [0.05, 0.1) is 5.69 Å². The molecule has 8 heteroatoms. The van der Waals surface area contributed by atoms with E-state index in [1.54, 1.807) is 27.9 Å². The van der Waals surface area contributed by atoms with Crippen LogP contribution in [0.25, 0.3) is 0 Å². The van der Waals surface area contributed by atoms with Gasteiger partial charge in [0, 0.05) is 18.8 Å². The molecule has 0 radical (unpaired) electrons. The molecule has 2 aliphatic heterocycles. The van der Waals surface area contributed by atoms with E-state index in [-0.39, 0.29) is 36.1 Å². The Morgan fingerprint density at radius 1 is 0.923 bits per heavy atom. The van der Waals surface area contributed by atoms with Crippen molar-refractivity contribution in [2.75, 3.05) is 18.2 Å². The number of allylic oxidation sites excluding steroid dienone is 1. The lowest BCUT2D eigenvalue weighted by molar-refractivity contribution is 0.0697. The van der Waals surface area contributed by atoms with Crippen LogP contribution in [0.5, 0.6) is 5.75 Å². The van der Waals surface area contributed by atoms with E-state index in [0.29, 0.717) is 12.2 Å². The minimum absolute atomic E-state index is 0.0147. The number of aromatic nitrogens is 2. The van der Waals surface area contributed by atoms with E-state index < -0.39 is 12.0 Å². The first-order chi connectivity index (χ1) is 19.1. The van der Waals surface area contributed by atoms with Crippen molar-refractivity contribution in [1.82, 2.24) is 14.6 Å². The molecule has 7 nitrogen and oxygen atoms in total. The van der Waals surface area contributed by atoms with Crippen LogP contribution in [0.1, 0.15) is 45.3 Å². The lowest BCUT2D eigenvalue weighted by Crippen LogP contribution is -2.55. The number of halogens is 1. The van der Waals surface area contributed by atoms with Gasteiger partial charge in [-0.2, -0.15) is 4.39 Å². The van der Waals surface area contributed by atoms with Gasteiger partial charge in [0.2, 0.25) is 11.4 Å². The number of hydrogen-bond donors (Lipinski definition) is 0. The third kappa shape index (κ3) is 4.81. The van der Waals surface area contributed by atoms with Gasteiger partial charge in [0.15, 0.2) is 11.4 Å². The zero-order chi connectivity index (χ0) is 26.8. The van der Waals surface area contributed by atoms with Crippen LogP contribution < -0.4 is 15.2 Å². The summed E-state index contributed by atoms with van der Waals surface area (Å²) in [6.45, 7) is 0.697. The number of fused-ring (bicyclic) bond motifs is 5. The summed E-state index contributed by atoms with van der Waals surface area (Å²) >= 11 is 0. The highest BCUT2D eigenvalue weighted by molar-refractivity contribution is 5.96. The number of amides is 1. The van der Waals surface area contributed by atoms with E-state index in [1.165, 1.54) is 12.1 Å². The van der Waals surface area contributed by atoms with Gasteiger partial charge < -0.3 is 9.64 Å². The van der Waals surface area contributed by atoms with Crippen molar-refractivity contribution in [2.24, 2.45) is 0 Å². The molecule has 4 aromatic rings. The van der Waals surface area contributed by atoms with Crippen LogP contribution in [0.3, 0.4) is 0 Å². The fourth-order valence-electron chi connectivity index (χ4n) is 5.23. The Kier molecular flexibility index (Phi) is 6.67. The minimum Gasteiger partial charge on any atom is -0.482 e. The van der Waals surface area contributed by atoms with Crippen molar-refractivity contribution in [2.45, 2.75) is 25.5 Å². The van der Waals surface area contributed by atoms with Gasteiger partial charge >= 0.3 is 0 Å². The first kappa shape index (κ1) is 24.6. The molecule has 0 saturated carbocycles. The Labute approximate surface area is 225 Å². The van der Waals surface area contributed by atoms with Crippen molar-refractivity contribution < 1.29 is 13.9 Å². The molecular weight excluding hydrogens is 495 g/mol. The molecule has 1 unspecified atom stereocenters. The van der Waals surface area contributed by atoms with Crippen LogP contribution in [0.15, 0.2) is 102 Å². The lowest BCUT2D eigenvalue weighted by Gasteiger charge is -2.43. The van der Waals surface area contributed by atoms with Crippen molar-refractivity contribution in [1.29, 1.82) is 0 Å². The van der Waals surface area contributed by atoms with Gasteiger partial charge in [-0.3, -0.25) is 19.3 Å². The van der Waals surface area contributed by atoms with Gasteiger partial charge in [0.1, 0.15) is 19.3 Å². The summed E-state index contributed by atoms with van der Waals surface area (Å²) in [6, 6.07) is 23.1. The van der Waals surface area contributed by atoms with Crippen molar-refractivity contribution in [3.05, 3.63) is 141 Å². The van der Waals surface area contributed by atoms with Gasteiger partial charge in [-0.05, 0) is 41.7 Å². The number of pyridine rings is 2. The molecule has 6 rings (SSSR count). The molecule has 1 atom stereocenters. The van der Waals surface area contributed by atoms with E-state index in [9.17, 15) is 14.0 Å². The molecule has 0 spiro atoms. The quantitative estimate of drug-likeness (QED) is 0.289. The number of carbonyl (C=O) groups is 1. The molecule has 39 heavy (non-hydrogen) atoms. The number of carbonyl (C=O) groups excluding carboxylic acids is 1. The largest absolute Gasteiger partial charge is 0.482 e. The number of nitrogens with zero attached hydrogens (tertiary/aromatic N) is 4. The maximum absolute atomic E-state index is 14.5. The third-order valence-corrected chi connectivity index (χ3v) is 7.08. The molecule has 0 N–H and O–H groups in total. The predicted molar refractivity (Wildman–Crippen MR) is 146 cm³/mol. The minimum atomic E-state index is -0.585. The predicted octanol–water partition coefficient (Wildman–Crippen LogP) is 4.60. The normalized spacial score (nSPS) is 17.6. The number of aryl methyl sites for hydroxylation is 1. The second kappa shape index (κ2) is 10.6. The molecule has 0 aliphatic carbocycles. The molecule has 2 aromatic heterocycles. The molecule has 196 valence electrons. The number of ether oxygens (including phenoxy) is 1. The van der Waals surface area contributed by atoms with Crippen LogP contribution in [-0.4, -0.2) is 33.7 Å². The Morgan fingerprint density at radius 2 is 1.74 bits per heavy atom. The van der Waals surface area contributed by atoms with E-state index in [2.05, 4.69) is 17.1 Å². The summed E-state index contributed by atoms with van der Waals surface area (Å²) in [4.78, 5) is 32.9. The summed E-state index contributed by atoms with van der Waals surface area (Å²) in [5, 5.41) is 1.95. The van der Waals surface area contributed by atoms with E-state index in [4.69, 9.17) is 4.74 Å². The number of benzene rings is 2. The Hall–Kier alpha value is -4.72. The molecular formula is C31H27FN4O3. The van der Waals surface area contributed by atoms with Gasteiger partial charge in [-0.15, -0.1) is 0 Å². The van der Waals surface area contributed by atoms with Gasteiger partial charge in [-0.1, -0.05) is 72.8 Å². The molecule has 2 bridgehead atoms. The summed E-state index contributed by atoms with van der Waals surface area (Å²) in [7, 11) is 0. The second-order valence-electron chi connectivity index (χ2n) is 9.58. The van der Waals surface area contributed by atoms with Gasteiger partial charge in [-0.25, -0.2) is 4.98 Å². The summed E-state index contributed by atoms with van der Waals surface area (Å²) in [6.07, 6.45) is 7.20. The van der Waals surface area contributed by atoms with E-state index >= 15 is 0 Å². The summed E-state index contributed by atoms with van der Waals surface area (Å²) in [5.74, 6) is -0.910. The second-order valence-corrected chi connectivity index (χ2v) is 9.58. The van der Waals surface area contributed by atoms with Crippen molar-refractivity contribution >= 4 is 5.91 Å². The van der Waals surface area contributed by atoms with Crippen LogP contribution in [-0.2, 0) is 13.0 Å². The molecule has 2 aromatic carbocycles. The lowest BCUT2D eigenvalue weighted by atomic mass is 9.94. The fraction of sp³-hybridized carbons (Fsp3) is 0.194. The monoisotopic (exact) mass is 522 g/mol. The fourth-order valence-corrected chi connectivity index (χ4v) is 5.23. The SMILES string of the molecule is O=C1c2c(OCc3ccccc3)c(=O)ccn2N2CN1C/C=C/CCc1ccccc1C2c1cccc(F)n1. The van der Waals surface area contributed by atoms with Crippen LogP contribution in [0.2, 0.25) is 0 Å². The van der Waals surface area contributed by atoms with Crippen molar-refractivity contribution in [3.8, 4) is 5.75 Å². The third-order valence-electron chi connectivity index (χ3n) is 7.08. The van der Waals surface area contributed by atoms with E-state index in [0.717, 1.165) is 29.5 Å². The number of hydrogen-bond acceptors (Lipinski definition) is 5. The summed E-state index contributed by atoms with van der Waals surface area (Å²) < 4.78 is 22.2. The van der Waals surface area contributed by atoms with Gasteiger partial charge in [0.25, 0.3) is 5.91 Å². The van der Waals surface area contributed by atoms with Crippen LogP contribution in [0, 0.1) is 5.95 Å². The topological polar surface area (TPSA) is 67.7 Å². The maximum atomic E-state index is 14.5. The Balaban J connectivity index is 1.55. The highest BCUT2D eigenvalue weighted by Crippen LogP contribution is 2.34. The molecule has 1 amide bonds. The highest BCUT2D eigenvalue weighted by Gasteiger charge is 2.38. The van der Waals surface area contributed by atoms with Crippen molar-refractivity contribution in [3.63, 3.8) is 0 Å². The molecule has 0 saturated heterocycles. The first-order valence-corrected chi connectivity index (χ1v) is 12.9. The summed E-state index contributed by atoms with van der Waals surface area (Å²) in [5.41, 5.74) is 3.19. The zero-order valence-corrected chi connectivity index (χ0v) is 21.2. The highest BCUT2D eigenvalue weighted by atomic mass is 19.1. The standard InChI is InChI=1S/C31H27FN4O3/c32-27-16-9-15-25(33-27)28-24-14-7-6-13-23(24)12-5-2-8-18-34-21-36(28)35-19-17-26(37)30(29(35)31(34)38)39-20-22-10-3-1-4-11-22/h1-4,6-11,13-17,19,28H,5,12,18,20-21H2/b8-2+. The smallest absolute Gasteiger partial charge is 0.278 e. The zero-order valence-electron chi connectivity index (χ0n) is 21.2. The molecule has 2 aliphatic rings. The average molecular weight is 523 g/mol.